The zero-order chi connectivity index (χ0) is 14.5. The van der Waals surface area contributed by atoms with Crippen LogP contribution in [0, 0.1) is 0 Å². The van der Waals surface area contributed by atoms with E-state index in [1.165, 1.54) is 5.56 Å². The number of aromatic nitrogens is 1. The van der Waals surface area contributed by atoms with E-state index in [-0.39, 0.29) is 0 Å². The van der Waals surface area contributed by atoms with Crippen molar-refractivity contribution in [2.75, 3.05) is 7.11 Å². The molecule has 106 valence electrons. The second-order valence-electron chi connectivity index (χ2n) is 4.54. The maximum Gasteiger partial charge on any atom is 0.219 e. The van der Waals surface area contributed by atoms with Crippen molar-refractivity contribution in [3.05, 3.63) is 47.7 Å². The number of hydrogen-bond acceptors (Lipinski definition) is 4. The lowest BCUT2D eigenvalue weighted by Gasteiger charge is -2.12. The minimum Gasteiger partial charge on any atom is -0.493 e. The fourth-order valence-electron chi connectivity index (χ4n) is 1.87. The predicted molar refractivity (Wildman–Crippen MR) is 77.3 cm³/mol. The van der Waals surface area contributed by atoms with Gasteiger partial charge in [0.15, 0.2) is 11.5 Å². The van der Waals surface area contributed by atoms with Gasteiger partial charge >= 0.3 is 0 Å². The van der Waals surface area contributed by atoms with Crippen LogP contribution in [0.3, 0.4) is 0 Å². The zero-order valence-electron chi connectivity index (χ0n) is 12.0. The minimum absolute atomic E-state index is 0.436. The monoisotopic (exact) mass is 273 g/mol. The number of nitrogens with zero attached hydrogens (tertiary/aromatic N) is 1. The highest BCUT2D eigenvalue weighted by Gasteiger charge is 2.09. The average molecular weight is 273 g/mol. The van der Waals surface area contributed by atoms with Gasteiger partial charge in [-0.25, -0.2) is 4.98 Å². The highest BCUT2D eigenvalue weighted by Crippen LogP contribution is 2.32. The van der Waals surface area contributed by atoms with Gasteiger partial charge < -0.3 is 14.6 Å². The molecule has 1 aromatic heterocycles. The molecule has 0 spiro atoms. The number of aliphatic hydroxyl groups excluding tert-OH is 1. The Hall–Kier alpha value is -2.07. The number of ether oxygens (including phenoxy) is 2. The first kappa shape index (κ1) is 14.3. The molecule has 0 aliphatic heterocycles. The summed E-state index contributed by atoms with van der Waals surface area (Å²) < 4.78 is 11.1. The number of aryl methyl sites for hydroxylation is 1. The lowest BCUT2D eigenvalue weighted by molar-refractivity contribution is 0.198. The number of benzene rings is 1. The van der Waals surface area contributed by atoms with Crippen molar-refractivity contribution in [1.29, 1.82) is 0 Å². The molecule has 0 saturated carbocycles. The van der Waals surface area contributed by atoms with Crippen LogP contribution >= 0.6 is 0 Å². The highest BCUT2D eigenvalue weighted by atomic mass is 16.5. The van der Waals surface area contributed by atoms with E-state index in [0.717, 1.165) is 12.0 Å². The van der Waals surface area contributed by atoms with Crippen LogP contribution in [0.25, 0.3) is 0 Å². The van der Waals surface area contributed by atoms with Crippen LogP contribution in [-0.4, -0.2) is 17.2 Å². The molecular weight excluding hydrogens is 254 g/mol. The molecular formula is C16H19NO3. The Kier molecular flexibility index (Phi) is 4.58. The van der Waals surface area contributed by atoms with Gasteiger partial charge in [-0.2, -0.15) is 0 Å². The number of rotatable bonds is 5. The van der Waals surface area contributed by atoms with E-state index in [0.29, 0.717) is 17.4 Å². The van der Waals surface area contributed by atoms with E-state index in [4.69, 9.17) is 9.47 Å². The third kappa shape index (κ3) is 3.27. The van der Waals surface area contributed by atoms with Crippen molar-refractivity contribution in [3.63, 3.8) is 0 Å². The van der Waals surface area contributed by atoms with Crippen LogP contribution in [0.4, 0.5) is 0 Å². The van der Waals surface area contributed by atoms with Crippen molar-refractivity contribution in [2.24, 2.45) is 0 Å². The number of pyridine rings is 1. The van der Waals surface area contributed by atoms with Crippen LogP contribution in [0.2, 0.25) is 0 Å². The lowest BCUT2D eigenvalue weighted by atomic mass is 10.1. The Morgan fingerprint density at radius 1 is 1.20 bits per heavy atom. The summed E-state index contributed by atoms with van der Waals surface area (Å²) in [6, 6.07) is 9.30. The van der Waals surface area contributed by atoms with Gasteiger partial charge in [-0.1, -0.05) is 13.0 Å². The Balaban J connectivity index is 2.27. The largest absolute Gasteiger partial charge is 0.493 e. The van der Waals surface area contributed by atoms with Crippen LogP contribution in [0.1, 0.15) is 31.1 Å². The first-order valence-corrected chi connectivity index (χ1v) is 6.62. The SMILES string of the molecule is CCc1ccc(Oc2cc(C(C)O)ccn2)c(OC)c1. The Bertz CT molecular complexity index is 582. The zero-order valence-corrected chi connectivity index (χ0v) is 12.0. The van der Waals surface area contributed by atoms with Gasteiger partial charge in [0.2, 0.25) is 5.88 Å². The number of hydrogen-bond donors (Lipinski definition) is 1. The van der Waals surface area contributed by atoms with E-state index in [1.54, 1.807) is 32.4 Å². The molecule has 1 N–H and O–H groups in total. The molecule has 0 aliphatic rings. The molecule has 0 fully saturated rings. The average Bonchev–Trinajstić information content (AvgIpc) is 2.48. The van der Waals surface area contributed by atoms with E-state index in [1.807, 2.05) is 18.2 Å². The number of aliphatic hydroxyl groups is 1. The summed E-state index contributed by atoms with van der Waals surface area (Å²) in [6.07, 6.45) is 2.00. The summed E-state index contributed by atoms with van der Waals surface area (Å²) in [6.45, 7) is 3.79. The van der Waals surface area contributed by atoms with Gasteiger partial charge in [0.25, 0.3) is 0 Å². The van der Waals surface area contributed by atoms with Crippen molar-refractivity contribution >= 4 is 0 Å². The summed E-state index contributed by atoms with van der Waals surface area (Å²) in [4.78, 5) is 4.15. The van der Waals surface area contributed by atoms with Gasteiger partial charge in [0.05, 0.1) is 13.2 Å². The maximum atomic E-state index is 9.58. The minimum atomic E-state index is -0.551. The van der Waals surface area contributed by atoms with Crippen molar-refractivity contribution in [2.45, 2.75) is 26.4 Å². The molecule has 0 saturated heterocycles. The molecule has 0 radical (unpaired) electrons. The first-order valence-electron chi connectivity index (χ1n) is 6.62. The first-order chi connectivity index (χ1) is 9.63. The van der Waals surface area contributed by atoms with E-state index in [9.17, 15) is 5.11 Å². The normalized spacial score (nSPS) is 12.0. The van der Waals surface area contributed by atoms with Gasteiger partial charge in [0, 0.05) is 12.3 Å². The molecule has 0 aliphatic carbocycles. The standard InChI is InChI=1S/C16H19NO3/c1-4-12-5-6-14(15(9-12)19-3)20-16-10-13(11(2)18)7-8-17-16/h5-11,18H,4H2,1-3H3. The van der Waals surface area contributed by atoms with E-state index < -0.39 is 6.10 Å². The van der Waals surface area contributed by atoms with Gasteiger partial charge in [-0.15, -0.1) is 0 Å². The molecule has 4 nitrogen and oxygen atoms in total. The summed E-state index contributed by atoms with van der Waals surface area (Å²) in [5, 5.41) is 9.58. The van der Waals surface area contributed by atoms with Crippen molar-refractivity contribution in [3.8, 4) is 17.4 Å². The molecule has 0 amide bonds. The van der Waals surface area contributed by atoms with Gasteiger partial charge in [-0.3, -0.25) is 0 Å². The maximum absolute atomic E-state index is 9.58. The molecule has 1 heterocycles. The predicted octanol–water partition coefficient (Wildman–Crippen LogP) is 3.50. The van der Waals surface area contributed by atoms with Gasteiger partial charge in [-0.05, 0) is 42.7 Å². The molecule has 2 aromatic rings. The molecule has 1 atom stereocenters. The third-order valence-electron chi connectivity index (χ3n) is 3.09. The van der Waals surface area contributed by atoms with Crippen LogP contribution in [-0.2, 0) is 6.42 Å². The smallest absolute Gasteiger partial charge is 0.219 e. The van der Waals surface area contributed by atoms with Crippen LogP contribution in [0.5, 0.6) is 17.4 Å². The molecule has 1 aromatic carbocycles. The summed E-state index contributed by atoms with van der Waals surface area (Å²) in [7, 11) is 1.61. The molecule has 1 unspecified atom stereocenters. The summed E-state index contributed by atoms with van der Waals surface area (Å²) in [5.74, 6) is 1.72. The molecule has 4 heteroatoms. The Labute approximate surface area is 119 Å². The van der Waals surface area contributed by atoms with Crippen LogP contribution < -0.4 is 9.47 Å². The Morgan fingerprint density at radius 3 is 2.65 bits per heavy atom. The Morgan fingerprint density at radius 2 is 2.00 bits per heavy atom. The number of methoxy groups -OCH3 is 1. The molecule has 0 bridgehead atoms. The molecule has 20 heavy (non-hydrogen) atoms. The van der Waals surface area contributed by atoms with Crippen LogP contribution in [0.15, 0.2) is 36.5 Å². The molecule has 2 rings (SSSR count). The second kappa shape index (κ2) is 6.39. The van der Waals surface area contributed by atoms with Crippen molar-refractivity contribution < 1.29 is 14.6 Å². The lowest BCUT2D eigenvalue weighted by Crippen LogP contribution is -1.96. The second-order valence-corrected chi connectivity index (χ2v) is 4.54. The van der Waals surface area contributed by atoms with E-state index >= 15 is 0 Å². The fourth-order valence-corrected chi connectivity index (χ4v) is 1.87. The van der Waals surface area contributed by atoms with Crippen molar-refractivity contribution in [1.82, 2.24) is 4.98 Å². The van der Waals surface area contributed by atoms with E-state index in [2.05, 4.69) is 11.9 Å². The summed E-state index contributed by atoms with van der Waals surface area (Å²) >= 11 is 0. The topological polar surface area (TPSA) is 51.6 Å². The highest BCUT2D eigenvalue weighted by molar-refractivity contribution is 5.44. The fraction of sp³-hybridized carbons (Fsp3) is 0.312. The quantitative estimate of drug-likeness (QED) is 0.906. The summed E-state index contributed by atoms with van der Waals surface area (Å²) in [5.41, 5.74) is 1.94. The third-order valence-corrected chi connectivity index (χ3v) is 3.09. The van der Waals surface area contributed by atoms with Gasteiger partial charge in [0.1, 0.15) is 0 Å².